The highest BCUT2D eigenvalue weighted by Gasteiger charge is 2.30. The summed E-state index contributed by atoms with van der Waals surface area (Å²) >= 11 is 0. The molecule has 3 aromatic rings. The predicted molar refractivity (Wildman–Crippen MR) is 160 cm³/mol. The average Bonchev–Trinajstić information content (AvgIpc) is 3.70. The Hall–Kier alpha value is -4.32. The van der Waals surface area contributed by atoms with Gasteiger partial charge in [0.05, 0.1) is 23.6 Å². The Bertz CT molecular complexity index is 1510. The summed E-state index contributed by atoms with van der Waals surface area (Å²) in [6.07, 6.45) is 3.91. The number of nitrogens with zero attached hydrogens (tertiary/aromatic N) is 1. The van der Waals surface area contributed by atoms with Gasteiger partial charge in [-0.1, -0.05) is 6.07 Å². The number of nitrogens with one attached hydrogen (secondary N) is 2. The van der Waals surface area contributed by atoms with Crippen molar-refractivity contribution >= 4 is 39.9 Å². The first-order valence-electron chi connectivity index (χ1n) is 13.8. The van der Waals surface area contributed by atoms with E-state index in [2.05, 4.69) is 10.6 Å². The first-order chi connectivity index (χ1) is 20.6. The molecule has 0 aromatic heterocycles. The fraction of sp³-hybridized carbons (Fsp3) is 0.323. The lowest BCUT2D eigenvalue weighted by atomic mass is 10.0. The van der Waals surface area contributed by atoms with E-state index in [0.29, 0.717) is 23.9 Å². The number of methoxy groups -OCH3 is 1. The summed E-state index contributed by atoms with van der Waals surface area (Å²) in [4.78, 5) is 37.8. The molecular formula is C31H34F2N4O5S. The maximum Gasteiger partial charge on any atom is 0.249 e. The number of benzene rings is 3. The third-order valence-electron chi connectivity index (χ3n) is 6.96. The van der Waals surface area contributed by atoms with Crippen LogP contribution in [0, 0.1) is 11.6 Å². The predicted octanol–water partition coefficient (Wildman–Crippen LogP) is 4.76. The number of likely N-dealkylation sites (tertiary alicyclic amines) is 1. The molecule has 228 valence electrons. The van der Waals surface area contributed by atoms with Crippen molar-refractivity contribution in [3.63, 3.8) is 0 Å². The van der Waals surface area contributed by atoms with Crippen molar-refractivity contribution in [2.75, 3.05) is 30.8 Å². The second-order valence-electron chi connectivity index (χ2n) is 10.3. The highest BCUT2D eigenvalue weighted by molar-refractivity contribution is 7.86. The zero-order valence-corrected chi connectivity index (χ0v) is 24.7. The lowest BCUT2D eigenvalue weighted by molar-refractivity contribution is -0.131. The molecule has 2 fully saturated rings. The molecule has 43 heavy (non-hydrogen) atoms. The maximum absolute atomic E-state index is 14.3. The molecule has 1 aliphatic carbocycles. The summed E-state index contributed by atoms with van der Waals surface area (Å²) in [5, 5.41) is 5.89. The van der Waals surface area contributed by atoms with Gasteiger partial charge < -0.3 is 26.0 Å². The van der Waals surface area contributed by atoms with Crippen LogP contribution in [0.25, 0.3) is 0 Å². The fourth-order valence-electron chi connectivity index (χ4n) is 4.56. The fourth-order valence-corrected chi connectivity index (χ4v) is 5.91. The van der Waals surface area contributed by atoms with Gasteiger partial charge in [0.2, 0.25) is 17.7 Å². The van der Waals surface area contributed by atoms with E-state index in [-0.39, 0.29) is 28.8 Å². The maximum atomic E-state index is 14.3. The minimum Gasteiger partial charge on any atom is -0.494 e. The molecule has 1 heterocycles. The molecule has 1 saturated heterocycles. The van der Waals surface area contributed by atoms with Crippen molar-refractivity contribution in [3.8, 4) is 5.75 Å². The molecule has 0 bridgehead atoms. The van der Waals surface area contributed by atoms with Gasteiger partial charge in [0.25, 0.3) is 0 Å². The number of hydrogen-bond donors (Lipinski definition) is 3. The number of amides is 3. The number of carbonyl (C=O) groups is 3. The molecule has 3 amide bonds. The van der Waals surface area contributed by atoms with Gasteiger partial charge in [0, 0.05) is 41.4 Å². The highest BCUT2D eigenvalue weighted by atomic mass is 32.2. The van der Waals surface area contributed by atoms with E-state index < -0.39 is 34.4 Å². The van der Waals surface area contributed by atoms with E-state index >= 15 is 0 Å². The van der Waals surface area contributed by atoms with E-state index in [9.17, 15) is 27.4 Å². The Morgan fingerprint density at radius 3 is 2.21 bits per heavy atom. The Balaban J connectivity index is 0.000000237. The summed E-state index contributed by atoms with van der Waals surface area (Å²) in [6.45, 7) is 2.66. The molecule has 2 atom stereocenters. The lowest BCUT2D eigenvalue weighted by Crippen LogP contribution is -2.36. The van der Waals surface area contributed by atoms with Gasteiger partial charge in [0.15, 0.2) is 11.6 Å². The molecule has 1 aliphatic heterocycles. The van der Waals surface area contributed by atoms with E-state index in [1.54, 1.807) is 17.0 Å². The van der Waals surface area contributed by atoms with Crippen LogP contribution < -0.4 is 21.1 Å². The van der Waals surface area contributed by atoms with E-state index in [1.807, 2.05) is 12.1 Å². The molecular weight excluding hydrogens is 578 g/mol. The normalized spacial score (nSPS) is 15.5. The van der Waals surface area contributed by atoms with Gasteiger partial charge in [-0.15, -0.1) is 0 Å². The van der Waals surface area contributed by atoms with E-state index in [0.717, 1.165) is 42.3 Å². The number of hydrogen-bond acceptors (Lipinski definition) is 6. The molecule has 12 heteroatoms. The second-order valence-corrected chi connectivity index (χ2v) is 12.0. The third kappa shape index (κ3) is 8.38. The van der Waals surface area contributed by atoms with E-state index in [4.69, 9.17) is 10.5 Å². The summed E-state index contributed by atoms with van der Waals surface area (Å²) in [5.41, 5.74) is 6.49. The number of nitrogens with two attached hydrogens (primary N) is 1. The van der Waals surface area contributed by atoms with Crippen molar-refractivity contribution in [2.24, 2.45) is 5.73 Å². The molecule has 1 saturated carbocycles. The van der Waals surface area contributed by atoms with Crippen molar-refractivity contribution in [2.45, 2.75) is 48.8 Å². The van der Waals surface area contributed by atoms with Crippen LogP contribution in [0.2, 0.25) is 0 Å². The number of rotatable bonds is 9. The topological polar surface area (TPSA) is 131 Å². The highest BCUT2D eigenvalue weighted by Crippen LogP contribution is 2.31. The molecule has 3 aromatic carbocycles. The first kappa shape index (κ1) is 31.6. The Morgan fingerprint density at radius 1 is 0.977 bits per heavy atom. The summed E-state index contributed by atoms with van der Waals surface area (Å²) in [5.74, 6) is -2.31. The molecule has 2 aliphatic rings. The van der Waals surface area contributed by atoms with Crippen molar-refractivity contribution in [1.29, 1.82) is 0 Å². The zero-order valence-electron chi connectivity index (χ0n) is 23.9. The van der Waals surface area contributed by atoms with Crippen LogP contribution in [-0.4, -0.2) is 52.3 Å². The Kier molecular flexibility index (Phi) is 10.5. The standard InChI is InChI=1S/C20H21F2N3O3.C11H13NO2S/c1-28-17-11-12(4-7-15(17)22)18(20(27)25-8-2-3-9-25)24-16-10-13(19(23)26)5-6-14(16)21;1-8(13)12-9-2-4-10(5-3-9)15(14)11-6-7-11/h4-7,10-11,18,24H,2-3,8-9H2,1H3,(H2,23,26);2-5,11H,6-7H2,1H3,(H,12,13)/t18-;/m0./s1. The number of primary amides is 1. The third-order valence-corrected chi connectivity index (χ3v) is 8.77. The van der Waals surface area contributed by atoms with Crippen molar-refractivity contribution < 1.29 is 32.1 Å². The van der Waals surface area contributed by atoms with Gasteiger partial charge in [-0.05, 0) is 85.8 Å². The molecule has 5 rings (SSSR count). The Labute approximate surface area is 251 Å². The van der Waals surface area contributed by atoms with Crippen LogP contribution in [0.4, 0.5) is 20.2 Å². The van der Waals surface area contributed by atoms with Crippen LogP contribution in [0.1, 0.15) is 54.6 Å². The Morgan fingerprint density at radius 2 is 1.63 bits per heavy atom. The van der Waals surface area contributed by atoms with E-state index in [1.165, 1.54) is 44.4 Å². The summed E-state index contributed by atoms with van der Waals surface area (Å²) in [7, 11) is 0.465. The molecule has 4 N–H and O–H groups in total. The second kappa shape index (κ2) is 14.2. The molecule has 1 unspecified atom stereocenters. The SMILES string of the molecule is CC(=O)Nc1ccc(S(=O)C2CC2)cc1.COc1cc([C@H](Nc2cc(C(N)=O)ccc2F)C(=O)N2CCCC2)ccc1F. The zero-order chi connectivity index (χ0) is 31.1. The molecule has 9 nitrogen and oxygen atoms in total. The van der Waals surface area contributed by atoms with Gasteiger partial charge in [0.1, 0.15) is 11.9 Å². The number of ether oxygens (including phenoxy) is 1. The van der Waals surface area contributed by atoms with Crippen molar-refractivity contribution in [3.05, 3.63) is 83.4 Å². The molecule has 0 radical (unpaired) electrons. The van der Waals surface area contributed by atoms with Crippen molar-refractivity contribution in [1.82, 2.24) is 4.90 Å². The van der Waals surface area contributed by atoms with Gasteiger partial charge in [-0.25, -0.2) is 8.78 Å². The van der Waals surface area contributed by atoms with Crippen LogP contribution in [0.5, 0.6) is 5.75 Å². The van der Waals surface area contributed by atoms with Gasteiger partial charge in [-0.2, -0.15) is 0 Å². The minimum atomic E-state index is -0.981. The van der Waals surface area contributed by atoms with Crippen LogP contribution in [0.15, 0.2) is 65.6 Å². The van der Waals surface area contributed by atoms with Gasteiger partial charge in [-0.3, -0.25) is 18.6 Å². The smallest absolute Gasteiger partial charge is 0.249 e. The quantitative estimate of drug-likeness (QED) is 0.319. The van der Waals surface area contributed by atoms with Gasteiger partial charge >= 0.3 is 0 Å². The van der Waals surface area contributed by atoms with Crippen LogP contribution in [0.3, 0.4) is 0 Å². The average molecular weight is 613 g/mol. The van der Waals surface area contributed by atoms with Crippen LogP contribution in [-0.2, 0) is 20.4 Å². The monoisotopic (exact) mass is 612 g/mol. The largest absolute Gasteiger partial charge is 0.494 e. The minimum absolute atomic E-state index is 0.0233. The number of halogens is 2. The lowest BCUT2D eigenvalue weighted by Gasteiger charge is -2.26. The number of carbonyl (C=O) groups excluding carboxylic acids is 3. The summed E-state index contributed by atoms with van der Waals surface area (Å²) < 4.78 is 44.9. The molecule has 0 spiro atoms. The van der Waals surface area contributed by atoms with Crippen LogP contribution >= 0.6 is 0 Å². The number of anilines is 2. The summed E-state index contributed by atoms with van der Waals surface area (Å²) in [6, 6.07) is 13.9. The first-order valence-corrected chi connectivity index (χ1v) is 15.0.